The third kappa shape index (κ3) is 2.95. The lowest BCUT2D eigenvalue weighted by atomic mass is 9.99. The minimum Gasteiger partial charge on any atom is -0.497 e. The summed E-state index contributed by atoms with van der Waals surface area (Å²) in [5.41, 5.74) is 1.01. The van der Waals surface area contributed by atoms with E-state index in [0.717, 1.165) is 16.2 Å². The van der Waals surface area contributed by atoms with E-state index in [0.29, 0.717) is 36.7 Å². The van der Waals surface area contributed by atoms with Crippen LogP contribution in [0.1, 0.15) is 35.1 Å². The molecule has 4 rings (SSSR count). The van der Waals surface area contributed by atoms with Crippen LogP contribution in [-0.2, 0) is 4.79 Å². The number of ketones is 1. The maximum absolute atomic E-state index is 11.7. The Morgan fingerprint density at radius 3 is 2.77 bits per heavy atom. The second-order valence-corrected chi connectivity index (χ2v) is 7.41. The molecule has 7 nitrogen and oxygen atoms in total. The van der Waals surface area contributed by atoms with Crippen molar-refractivity contribution in [2.75, 3.05) is 20.2 Å². The number of hydrogen-bond acceptors (Lipinski definition) is 7. The predicted molar refractivity (Wildman–Crippen MR) is 97.9 cm³/mol. The van der Waals surface area contributed by atoms with Crippen molar-refractivity contribution >= 4 is 22.1 Å². The van der Waals surface area contributed by atoms with Crippen molar-refractivity contribution in [2.45, 2.75) is 25.8 Å². The monoisotopic (exact) mass is 372 g/mol. The number of thiazole rings is 1. The van der Waals surface area contributed by atoms with Crippen LogP contribution in [0.2, 0.25) is 0 Å². The highest BCUT2D eigenvalue weighted by Crippen LogP contribution is 2.41. The summed E-state index contributed by atoms with van der Waals surface area (Å²) < 4.78 is 6.86. The number of rotatable bonds is 4. The summed E-state index contributed by atoms with van der Waals surface area (Å²) in [5.74, 6) is 1.78. The molecule has 2 aromatic heterocycles. The summed E-state index contributed by atoms with van der Waals surface area (Å²) in [5, 5.41) is 15.1. The van der Waals surface area contributed by atoms with Crippen molar-refractivity contribution in [3.05, 3.63) is 40.5 Å². The van der Waals surface area contributed by atoms with Crippen molar-refractivity contribution in [2.24, 2.45) is 0 Å². The average molecular weight is 372 g/mol. The molecule has 1 N–H and O–H groups in total. The predicted octanol–water partition coefficient (Wildman–Crippen LogP) is 2.57. The van der Waals surface area contributed by atoms with E-state index in [1.807, 2.05) is 24.3 Å². The van der Waals surface area contributed by atoms with Crippen molar-refractivity contribution in [1.82, 2.24) is 19.5 Å². The average Bonchev–Trinajstić information content (AvgIpc) is 3.15. The third-order valence-electron chi connectivity index (χ3n) is 4.68. The number of aromatic nitrogens is 3. The van der Waals surface area contributed by atoms with E-state index in [4.69, 9.17) is 4.74 Å². The Morgan fingerprint density at radius 1 is 1.31 bits per heavy atom. The summed E-state index contributed by atoms with van der Waals surface area (Å²) in [6, 6.07) is 7.65. The van der Waals surface area contributed by atoms with Crippen LogP contribution in [0.15, 0.2) is 24.3 Å². The Balaban J connectivity index is 1.82. The zero-order valence-corrected chi connectivity index (χ0v) is 15.5. The molecular weight excluding hydrogens is 352 g/mol. The fraction of sp³-hybridized carbons (Fsp3) is 0.389. The Labute approximate surface area is 154 Å². The lowest BCUT2D eigenvalue weighted by Gasteiger charge is -2.33. The highest BCUT2D eigenvalue weighted by molar-refractivity contribution is 7.17. The second-order valence-electron chi connectivity index (χ2n) is 6.40. The fourth-order valence-corrected chi connectivity index (χ4v) is 4.56. The first-order valence-corrected chi connectivity index (χ1v) is 9.33. The van der Waals surface area contributed by atoms with Gasteiger partial charge in [-0.2, -0.15) is 4.52 Å². The lowest BCUT2D eigenvalue weighted by molar-refractivity contribution is -0.121. The minimum absolute atomic E-state index is 0.107. The van der Waals surface area contributed by atoms with Gasteiger partial charge in [-0.05, 0) is 24.6 Å². The van der Waals surface area contributed by atoms with Gasteiger partial charge < -0.3 is 9.84 Å². The Kier molecular flexibility index (Phi) is 4.37. The maximum Gasteiger partial charge on any atom is 0.230 e. The quantitative estimate of drug-likeness (QED) is 0.758. The van der Waals surface area contributed by atoms with Gasteiger partial charge in [0.1, 0.15) is 17.4 Å². The van der Waals surface area contributed by atoms with E-state index in [9.17, 15) is 9.90 Å². The lowest BCUT2D eigenvalue weighted by Crippen LogP contribution is -2.37. The topological polar surface area (TPSA) is 80.0 Å². The van der Waals surface area contributed by atoms with Gasteiger partial charge in [0.25, 0.3) is 0 Å². The smallest absolute Gasteiger partial charge is 0.230 e. The number of hydrogen-bond donors (Lipinski definition) is 1. The van der Waals surface area contributed by atoms with Crippen LogP contribution in [0, 0.1) is 6.92 Å². The number of likely N-dealkylation sites (tertiary alicyclic amines) is 1. The van der Waals surface area contributed by atoms with Crippen LogP contribution in [0.3, 0.4) is 0 Å². The summed E-state index contributed by atoms with van der Waals surface area (Å²) in [6.45, 7) is 3.12. The van der Waals surface area contributed by atoms with Gasteiger partial charge in [-0.15, -0.1) is 5.10 Å². The Morgan fingerprint density at radius 2 is 2.08 bits per heavy atom. The van der Waals surface area contributed by atoms with Crippen LogP contribution in [0.5, 0.6) is 11.6 Å². The van der Waals surface area contributed by atoms with E-state index in [2.05, 4.69) is 15.0 Å². The molecule has 1 aromatic carbocycles. The Bertz CT molecular complexity index is 955. The van der Waals surface area contributed by atoms with Gasteiger partial charge in [0, 0.05) is 25.9 Å². The molecule has 0 aliphatic carbocycles. The number of benzene rings is 1. The summed E-state index contributed by atoms with van der Waals surface area (Å²) in [7, 11) is 1.64. The zero-order chi connectivity index (χ0) is 18.3. The van der Waals surface area contributed by atoms with Crippen LogP contribution < -0.4 is 4.74 Å². The van der Waals surface area contributed by atoms with E-state index >= 15 is 0 Å². The van der Waals surface area contributed by atoms with Gasteiger partial charge in [-0.3, -0.25) is 9.69 Å². The summed E-state index contributed by atoms with van der Waals surface area (Å²) in [4.78, 5) is 19.7. The zero-order valence-electron chi connectivity index (χ0n) is 14.7. The summed E-state index contributed by atoms with van der Waals surface area (Å²) >= 11 is 1.43. The van der Waals surface area contributed by atoms with Gasteiger partial charge >= 0.3 is 0 Å². The number of piperidine rings is 1. The maximum atomic E-state index is 11.7. The first kappa shape index (κ1) is 17.0. The molecule has 0 radical (unpaired) electrons. The number of methoxy groups -OCH3 is 1. The molecule has 1 fully saturated rings. The largest absolute Gasteiger partial charge is 0.497 e. The van der Waals surface area contributed by atoms with E-state index in [1.54, 1.807) is 14.0 Å². The molecule has 0 saturated carbocycles. The molecule has 26 heavy (non-hydrogen) atoms. The van der Waals surface area contributed by atoms with Crippen LogP contribution in [-0.4, -0.2) is 50.6 Å². The van der Waals surface area contributed by atoms with Crippen LogP contribution in [0.25, 0.3) is 4.96 Å². The number of aromatic hydroxyl groups is 1. The number of Topliss-reactive ketones (excluding diaryl/α,β-unsaturated/α-hetero) is 1. The molecular formula is C18H20N4O3S. The van der Waals surface area contributed by atoms with Gasteiger partial charge in [0.2, 0.25) is 10.8 Å². The molecule has 3 heterocycles. The highest BCUT2D eigenvalue weighted by atomic mass is 32.1. The van der Waals surface area contributed by atoms with Crippen LogP contribution in [0.4, 0.5) is 0 Å². The number of ether oxygens (including phenoxy) is 1. The normalized spacial score (nSPS) is 16.9. The van der Waals surface area contributed by atoms with Gasteiger partial charge in [-0.1, -0.05) is 23.5 Å². The fourth-order valence-electron chi connectivity index (χ4n) is 3.40. The van der Waals surface area contributed by atoms with Crippen molar-refractivity contribution in [1.29, 1.82) is 0 Å². The SMILES string of the molecule is COc1cccc(C(c2sc3nc(C)nn3c2O)N2CCC(=O)CC2)c1. The molecule has 1 saturated heterocycles. The van der Waals surface area contributed by atoms with Gasteiger partial charge in [-0.25, -0.2) is 4.98 Å². The number of fused-ring (bicyclic) bond motifs is 1. The van der Waals surface area contributed by atoms with Crippen molar-refractivity contribution < 1.29 is 14.6 Å². The van der Waals surface area contributed by atoms with Crippen molar-refractivity contribution in [3.8, 4) is 11.6 Å². The van der Waals surface area contributed by atoms with E-state index in [1.165, 1.54) is 15.9 Å². The van der Waals surface area contributed by atoms with E-state index in [-0.39, 0.29) is 17.7 Å². The highest BCUT2D eigenvalue weighted by Gasteiger charge is 2.31. The van der Waals surface area contributed by atoms with Gasteiger partial charge in [0.15, 0.2) is 0 Å². The number of aryl methyl sites for hydroxylation is 1. The molecule has 1 aliphatic heterocycles. The molecule has 1 atom stereocenters. The second kappa shape index (κ2) is 6.69. The summed E-state index contributed by atoms with van der Waals surface area (Å²) in [6.07, 6.45) is 1.06. The van der Waals surface area contributed by atoms with Gasteiger partial charge in [0.05, 0.1) is 18.0 Å². The molecule has 3 aromatic rings. The van der Waals surface area contributed by atoms with E-state index < -0.39 is 0 Å². The van der Waals surface area contributed by atoms with Crippen LogP contribution >= 0.6 is 11.3 Å². The first-order chi connectivity index (χ1) is 12.6. The standard InChI is InChI=1S/C18H20N4O3S/c1-11-19-18-22(20-11)17(24)16(26-18)15(21-8-6-13(23)7-9-21)12-4-3-5-14(10-12)25-2/h3-5,10,15,24H,6-9H2,1-2H3. The van der Waals surface area contributed by atoms with Crippen molar-refractivity contribution in [3.63, 3.8) is 0 Å². The molecule has 1 unspecified atom stereocenters. The number of nitrogens with zero attached hydrogens (tertiary/aromatic N) is 4. The first-order valence-electron chi connectivity index (χ1n) is 8.51. The third-order valence-corrected chi connectivity index (χ3v) is 5.76. The minimum atomic E-state index is -0.174. The molecule has 8 heteroatoms. The molecule has 0 bridgehead atoms. The molecule has 136 valence electrons. The number of carbonyl (C=O) groups excluding carboxylic acids is 1. The molecule has 1 aliphatic rings. The molecule has 0 spiro atoms. The number of carbonyl (C=O) groups is 1. The molecule has 0 amide bonds. The Hall–Kier alpha value is -2.45.